The van der Waals surface area contributed by atoms with Crippen molar-refractivity contribution in [3.8, 4) is 5.75 Å². The molecule has 0 aliphatic carbocycles. The Morgan fingerprint density at radius 3 is 2.37 bits per heavy atom. The number of nitrogens with zero attached hydrogens (tertiary/aromatic N) is 4. The summed E-state index contributed by atoms with van der Waals surface area (Å²) in [6.07, 6.45) is 3.39. The lowest BCUT2D eigenvalue weighted by Crippen LogP contribution is -2.29. The molecule has 0 radical (unpaired) electrons. The van der Waals surface area contributed by atoms with Crippen molar-refractivity contribution in [3.63, 3.8) is 0 Å². The number of ether oxygens (including phenoxy) is 1. The van der Waals surface area contributed by atoms with Crippen LogP contribution in [0.15, 0.2) is 54.9 Å². The summed E-state index contributed by atoms with van der Waals surface area (Å²) in [4.78, 5) is 42.0. The summed E-state index contributed by atoms with van der Waals surface area (Å²) in [5.41, 5.74) is 2.30. The number of benzene rings is 2. The summed E-state index contributed by atoms with van der Waals surface area (Å²) in [5, 5.41) is 7.19. The van der Waals surface area contributed by atoms with Crippen molar-refractivity contribution >= 4 is 23.4 Å². The monoisotopic (exact) mass is 475 g/mol. The molecule has 2 aromatic carbocycles. The molecular weight excluding hydrogens is 446 g/mol. The van der Waals surface area contributed by atoms with Gasteiger partial charge in [-0.1, -0.05) is 32.0 Å². The van der Waals surface area contributed by atoms with Crippen LogP contribution in [0, 0.1) is 0 Å². The second kappa shape index (κ2) is 10.5. The number of likely N-dealkylation sites (N-methyl/N-ethyl adjacent to an activating group) is 1. The van der Waals surface area contributed by atoms with Gasteiger partial charge in [0.25, 0.3) is 17.7 Å². The minimum Gasteiger partial charge on any atom is -0.496 e. The fraction of sp³-hybridized carbons (Fsp3) is 0.308. The Labute approximate surface area is 204 Å². The molecule has 0 saturated heterocycles. The van der Waals surface area contributed by atoms with Gasteiger partial charge in [-0.05, 0) is 42.9 Å². The third-order valence-corrected chi connectivity index (χ3v) is 6.16. The molecule has 35 heavy (non-hydrogen) atoms. The number of amides is 3. The quantitative estimate of drug-likeness (QED) is 0.452. The maximum Gasteiger partial charge on any atom is 0.261 e. The summed E-state index contributed by atoms with van der Waals surface area (Å²) in [5.74, 6) is -0.661. The smallest absolute Gasteiger partial charge is 0.261 e. The zero-order chi connectivity index (χ0) is 24.9. The zero-order valence-electron chi connectivity index (χ0n) is 20.2. The summed E-state index contributed by atoms with van der Waals surface area (Å²) < 4.78 is 7.18. The van der Waals surface area contributed by atoms with Crippen molar-refractivity contribution < 1.29 is 19.1 Å². The Hall–Kier alpha value is -3.98. The minimum atomic E-state index is -0.366. The Morgan fingerprint density at radius 1 is 1.06 bits per heavy atom. The number of rotatable bonds is 10. The fourth-order valence-corrected chi connectivity index (χ4v) is 4.13. The highest BCUT2D eigenvalue weighted by Crippen LogP contribution is 2.27. The van der Waals surface area contributed by atoms with E-state index in [2.05, 4.69) is 29.2 Å². The number of carbonyl (C=O) groups is 3. The maximum atomic E-state index is 13.1. The molecule has 1 aliphatic heterocycles. The third kappa shape index (κ3) is 5.09. The molecule has 0 unspecified atom stereocenters. The number of hydrogen-bond donors (Lipinski definition) is 1. The third-order valence-electron chi connectivity index (χ3n) is 6.16. The van der Waals surface area contributed by atoms with Crippen molar-refractivity contribution in [1.82, 2.24) is 19.6 Å². The predicted molar refractivity (Wildman–Crippen MR) is 132 cm³/mol. The van der Waals surface area contributed by atoms with Crippen LogP contribution in [0.5, 0.6) is 5.75 Å². The lowest BCUT2D eigenvalue weighted by atomic mass is 10.1. The van der Waals surface area contributed by atoms with Gasteiger partial charge in [-0.15, -0.1) is 0 Å². The largest absolute Gasteiger partial charge is 0.496 e. The molecule has 4 rings (SSSR count). The van der Waals surface area contributed by atoms with E-state index in [1.165, 1.54) is 12.0 Å². The maximum absolute atomic E-state index is 13.1. The molecule has 0 atom stereocenters. The van der Waals surface area contributed by atoms with Crippen LogP contribution in [0.25, 0.3) is 0 Å². The Morgan fingerprint density at radius 2 is 1.74 bits per heavy atom. The molecule has 0 fully saturated rings. The van der Waals surface area contributed by atoms with Crippen LogP contribution >= 0.6 is 0 Å². The second-order valence-corrected chi connectivity index (χ2v) is 8.25. The number of fused-ring (bicyclic) bond motifs is 1. The molecule has 3 amide bonds. The molecule has 9 nitrogen and oxygen atoms in total. The van der Waals surface area contributed by atoms with Gasteiger partial charge in [0.2, 0.25) is 0 Å². The van der Waals surface area contributed by atoms with E-state index in [0.29, 0.717) is 33.7 Å². The molecule has 1 aliphatic rings. The average molecular weight is 476 g/mol. The van der Waals surface area contributed by atoms with Gasteiger partial charge in [0.05, 0.1) is 48.8 Å². The lowest BCUT2D eigenvalue weighted by Gasteiger charge is -2.17. The molecule has 0 spiro atoms. The van der Waals surface area contributed by atoms with Crippen LogP contribution in [0.3, 0.4) is 0 Å². The van der Waals surface area contributed by atoms with E-state index < -0.39 is 0 Å². The first-order valence-electron chi connectivity index (χ1n) is 11.6. The Bertz CT molecular complexity index is 1210. The summed E-state index contributed by atoms with van der Waals surface area (Å²) in [7, 11) is 1.49. The van der Waals surface area contributed by atoms with Crippen LogP contribution in [-0.2, 0) is 13.1 Å². The van der Waals surface area contributed by atoms with E-state index in [0.717, 1.165) is 26.2 Å². The van der Waals surface area contributed by atoms with E-state index in [1.807, 2.05) is 0 Å². The van der Waals surface area contributed by atoms with Gasteiger partial charge < -0.3 is 15.0 Å². The Balaban J connectivity index is 1.47. The topological polar surface area (TPSA) is 96.8 Å². The number of methoxy groups -OCH3 is 1. The summed E-state index contributed by atoms with van der Waals surface area (Å²) in [6.45, 7) is 7.82. The number of carbonyl (C=O) groups excluding carboxylic acids is 3. The van der Waals surface area contributed by atoms with Crippen LogP contribution in [0.4, 0.5) is 5.69 Å². The number of hydrogen-bond acceptors (Lipinski definition) is 6. The van der Waals surface area contributed by atoms with E-state index in [9.17, 15) is 14.4 Å². The van der Waals surface area contributed by atoms with Crippen molar-refractivity contribution in [2.45, 2.75) is 26.9 Å². The number of anilines is 1. The van der Waals surface area contributed by atoms with E-state index in [4.69, 9.17) is 4.74 Å². The van der Waals surface area contributed by atoms with Crippen molar-refractivity contribution in [1.29, 1.82) is 0 Å². The number of nitrogens with one attached hydrogen (secondary N) is 1. The molecule has 182 valence electrons. The first kappa shape index (κ1) is 24.2. The first-order chi connectivity index (χ1) is 16.9. The molecule has 2 heterocycles. The normalized spacial score (nSPS) is 12.9. The zero-order valence-corrected chi connectivity index (χ0v) is 20.2. The van der Waals surface area contributed by atoms with Crippen LogP contribution < -0.4 is 10.1 Å². The van der Waals surface area contributed by atoms with E-state index >= 15 is 0 Å². The average Bonchev–Trinajstić information content (AvgIpc) is 3.42. The van der Waals surface area contributed by atoms with Crippen molar-refractivity contribution in [3.05, 3.63) is 77.1 Å². The summed E-state index contributed by atoms with van der Waals surface area (Å²) >= 11 is 0. The van der Waals surface area contributed by atoms with Gasteiger partial charge in [-0.25, -0.2) is 0 Å². The van der Waals surface area contributed by atoms with Gasteiger partial charge in [0.15, 0.2) is 0 Å². The van der Waals surface area contributed by atoms with Gasteiger partial charge in [-0.3, -0.25) is 24.0 Å². The number of aromatic nitrogens is 2. The molecule has 1 N–H and O–H groups in total. The van der Waals surface area contributed by atoms with Crippen LogP contribution in [0.1, 0.15) is 50.5 Å². The fourth-order valence-electron chi connectivity index (χ4n) is 4.13. The summed E-state index contributed by atoms with van der Waals surface area (Å²) in [6, 6.07) is 11.8. The molecule has 0 bridgehead atoms. The van der Waals surface area contributed by atoms with Crippen molar-refractivity contribution in [2.24, 2.45) is 0 Å². The highest BCUT2D eigenvalue weighted by Gasteiger charge is 2.35. The van der Waals surface area contributed by atoms with Crippen LogP contribution in [0.2, 0.25) is 0 Å². The predicted octanol–water partition coefficient (Wildman–Crippen LogP) is 3.28. The first-order valence-corrected chi connectivity index (χ1v) is 11.6. The van der Waals surface area contributed by atoms with Crippen molar-refractivity contribution in [2.75, 3.05) is 32.1 Å². The van der Waals surface area contributed by atoms with E-state index in [1.54, 1.807) is 59.5 Å². The van der Waals surface area contributed by atoms with E-state index in [-0.39, 0.29) is 24.3 Å². The molecule has 0 saturated carbocycles. The number of imide groups is 1. The lowest BCUT2D eigenvalue weighted by molar-refractivity contribution is 0.0642. The molecule has 3 aromatic rings. The van der Waals surface area contributed by atoms with Crippen LogP contribution in [-0.4, -0.2) is 64.0 Å². The standard InChI is InChI=1S/C26H29N5O4/c1-4-29(5-2)12-13-30-17-19(15-27-30)28-24(32)22-14-18(10-11-23(22)35-3)16-31-25(33)20-8-6-7-9-21(20)26(31)34/h6-11,14-15,17H,4-5,12-13,16H2,1-3H3,(H,28,32). The van der Waals surface area contributed by atoms with Gasteiger partial charge >= 0.3 is 0 Å². The Kier molecular flexibility index (Phi) is 7.26. The molecule has 1 aromatic heterocycles. The molecular formula is C26H29N5O4. The highest BCUT2D eigenvalue weighted by molar-refractivity contribution is 6.21. The SMILES string of the molecule is CCN(CC)CCn1cc(NC(=O)c2cc(CN3C(=O)c4ccccc4C3=O)ccc2OC)cn1. The molecule has 9 heteroatoms. The minimum absolute atomic E-state index is 0.0555. The van der Waals surface area contributed by atoms with Gasteiger partial charge in [0.1, 0.15) is 5.75 Å². The second-order valence-electron chi connectivity index (χ2n) is 8.25. The van der Waals surface area contributed by atoms with Gasteiger partial charge in [0, 0.05) is 12.7 Å². The van der Waals surface area contributed by atoms with Gasteiger partial charge in [-0.2, -0.15) is 5.10 Å². The highest BCUT2D eigenvalue weighted by atomic mass is 16.5.